The number of rotatable bonds is 4. The number of amides is 1. The number of nitrogens with zero attached hydrogens (tertiary/aromatic N) is 5. The van der Waals surface area contributed by atoms with E-state index in [9.17, 15) is 9.90 Å². The molecule has 3 N–H and O–H groups in total. The Morgan fingerprint density at radius 2 is 2.00 bits per heavy atom. The van der Waals surface area contributed by atoms with Crippen molar-refractivity contribution in [2.75, 3.05) is 19.3 Å². The molecule has 1 amide bonds. The van der Waals surface area contributed by atoms with Gasteiger partial charge in [0.2, 0.25) is 5.60 Å². The van der Waals surface area contributed by atoms with Crippen molar-refractivity contribution in [1.82, 2.24) is 24.8 Å². The molecular weight excluding hydrogens is 380 g/mol. The summed E-state index contributed by atoms with van der Waals surface area (Å²) >= 11 is 0. The van der Waals surface area contributed by atoms with Gasteiger partial charge in [-0.2, -0.15) is 0 Å². The average molecular weight is 404 g/mol. The minimum Gasteiger partial charge on any atom is -0.382 e. The van der Waals surface area contributed by atoms with Crippen molar-refractivity contribution in [3.05, 3.63) is 41.9 Å². The lowest BCUT2D eigenvalue weighted by atomic mass is 9.98. The summed E-state index contributed by atoms with van der Waals surface area (Å²) in [6.45, 7) is 5.89. The molecule has 0 aliphatic rings. The minimum atomic E-state index is -1.73. The van der Waals surface area contributed by atoms with E-state index in [0.717, 1.165) is 5.56 Å². The molecule has 1 unspecified atom stereocenters. The van der Waals surface area contributed by atoms with Crippen molar-refractivity contribution in [2.45, 2.75) is 32.8 Å². The number of carbonyl (C=O) groups excluding carboxylic acids is 1. The van der Waals surface area contributed by atoms with Crippen LogP contribution in [-0.2, 0) is 4.79 Å². The lowest BCUT2D eigenvalue weighted by molar-refractivity contribution is -0.144. The fourth-order valence-corrected chi connectivity index (χ4v) is 2.90. The van der Waals surface area contributed by atoms with E-state index in [2.05, 4.69) is 31.8 Å². The predicted molar refractivity (Wildman–Crippen MR) is 115 cm³/mol. The average Bonchev–Trinajstić information content (AvgIpc) is 2.77. The molecule has 30 heavy (non-hydrogen) atoms. The molecule has 1 aromatic carbocycles. The second-order valence-electron chi connectivity index (χ2n) is 6.95. The lowest BCUT2D eigenvalue weighted by Gasteiger charge is -2.25. The highest BCUT2D eigenvalue weighted by Gasteiger charge is 2.34. The largest absolute Gasteiger partial charge is 0.382 e. The van der Waals surface area contributed by atoms with E-state index in [4.69, 9.17) is 5.73 Å². The molecule has 3 rings (SSSR count). The summed E-state index contributed by atoms with van der Waals surface area (Å²) in [6, 6.07) is 7.27. The van der Waals surface area contributed by atoms with E-state index in [0.29, 0.717) is 34.7 Å². The van der Waals surface area contributed by atoms with E-state index in [-0.39, 0.29) is 12.2 Å². The number of hydrogen-bond acceptors (Lipinski definition) is 7. The quantitative estimate of drug-likeness (QED) is 0.638. The van der Waals surface area contributed by atoms with Gasteiger partial charge in [-0.15, -0.1) is 0 Å². The molecule has 0 fully saturated rings. The van der Waals surface area contributed by atoms with Gasteiger partial charge in [-0.05, 0) is 32.4 Å². The third kappa shape index (κ3) is 4.07. The molecule has 0 aliphatic heterocycles. The smallest absolute Gasteiger partial charge is 0.266 e. The number of fused-ring (bicyclic) bond motifs is 1. The van der Waals surface area contributed by atoms with Gasteiger partial charge in [-0.3, -0.25) is 4.79 Å². The van der Waals surface area contributed by atoms with Gasteiger partial charge in [0, 0.05) is 24.7 Å². The molecule has 8 nitrogen and oxygen atoms in total. The molecular formula is C22H24N6O2. The summed E-state index contributed by atoms with van der Waals surface area (Å²) < 4.78 is 0. The van der Waals surface area contributed by atoms with Gasteiger partial charge in [-0.25, -0.2) is 19.9 Å². The number of nitrogen functional groups attached to an aromatic ring is 1. The summed E-state index contributed by atoms with van der Waals surface area (Å²) in [4.78, 5) is 31.1. The van der Waals surface area contributed by atoms with Crippen molar-refractivity contribution >= 4 is 22.8 Å². The summed E-state index contributed by atoms with van der Waals surface area (Å²) in [7, 11) is 1.64. The summed E-state index contributed by atoms with van der Waals surface area (Å²) in [5, 5.41) is 10.7. The van der Waals surface area contributed by atoms with Gasteiger partial charge < -0.3 is 15.7 Å². The third-order valence-corrected chi connectivity index (χ3v) is 4.91. The molecule has 1 atom stereocenters. The van der Waals surface area contributed by atoms with Gasteiger partial charge in [-0.1, -0.05) is 30.9 Å². The maximum Gasteiger partial charge on any atom is 0.266 e. The topological polar surface area (TPSA) is 118 Å². The van der Waals surface area contributed by atoms with Crippen LogP contribution in [-0.4, -0.2) is 55.0 Å². The second-order valence-corrected chi connectivity index (χ2v) is 6.95. The van der Waals surface area contributed by atoms with Crippen LogP contribution in [0.15, 0.2) is 30.6 Å². The molecule has 0 radical (unpaired) electrons. The van der Waals surface area contributed by atoms with E-state index in [1.165, 1.54) is 11.2 Å². The lowest BCUT2D eigenvalue weighted by Crippen LogP contribution is -2.46. The van der Waals surface area contributed by atoms with Crippen molar-refractivity contribution in [1.29, 1.82) is 0 Å². The number of carbonyl (C=O) groups is 1. The van der Waals surface area contributed by atoms with Gasteiger partial charge >= 0.3 is 0 Å². The number of nitrogens with two attached hydrogens (primary N) is 1. The fourth-order valence-electron chi connectivity index (χ4n) is 2.90. The number of anilines is 1. The Hall–Kier alpha value is -3.57. The summed E-state index contributed by atoms with van der Waals surface area (Å²) in [5.41, 5.74) is 7.36. The maximum atomic E-state index is 12.5. The first-order valence-corrected chi connectivity index (χ1v) is 9.65. The molecule has 0 spiro atoms. The standard InChI is InChI=1S/C22H24N6O2/c1-5-22(30,21(29)28(4)6-2)11-10-15-8-7-9-16(12-15)20-26-14(3)17-18(27-20)19(23)25-13-24-17/h7-9,12-13,30H,5-6H2,1-4H3,(H2,23,24,25). The number of aromatic nitrogens is 4. The first-order valence-electron chi connectivity index (χ1n) is 9.65. The van der Waals surface area contributed by atoms with Crippen LogP contribution in [0.25, 0.3) is 22.4 Å². The van der Waals surface area contributed by atoms with Crippen molar-refractivity contribution in [3.8, 4) is 23.2 Å². The molecule has 0 bridgehead atoms. The highest BCUT2D eigenvalue weighted by molar-refractivity contribution is 5.88. The summed E-state index contributed by atoms with van der Waals surface area (Å²) in [5.74, 6) is 6.00. The third-order valence-electron chi connectivity index (χ3n) is 4.91. The zero-order valence-electron chi connectivity index (χ0n) is 17.5. The van der Waals surface area contributed by atoms with E-state index < -0.39 is 11.5 Å². The Kier molecular flexibility index (Phi) is 5.94. The molecule has 0 saturated heterocycles. The number of likely N-dealkylation sites (N-methyl/N-ethyl adjacent to an activating group) is 1. The van der Waals surface area contributed by atoms with Crippen LogP contribution < -0.4 is 5.73 Å². The van der Waals surface area contributed by atoms with Gasteiger partial charge in [0.1, 0.15) is 17.4 Å². The van der Waals surface area contributed by atoms with Crippen LogP contribution in [0, 0.1) is 18.8 Å². The molecule has 2 heterocycles. The molecule has 0 aliphatic carbocycles. The molecule has 2 aromatic heterocycles. The van der Waals surface area contributed by atoms with Crippen molar-refractivity contribution in [2.24, 2.45) is 0 Å². The number of benzene rings is 1. The fraction of sp³-hybridized carbons (Fsp3) is 0.318. The maximum absolute atomic E-state index is 12.5. The highest BCUT2D eigenvalue weighted by atomic mass is 16.3. The minimum absolute atomic E-state index is 0.190. The number of aliphatic hydroxyl groups is 1. The van der Waals surface area contributed by atoms with E-state index in [1.54, 1.807) is 26.1 Å². The second kappa shape index (κ2) is 8.43. The normalized spacial score (nSPS) is 12.7. The molecule has 3 aromatic rings. The van der Waals surface area contributed by atoms with Crippen LogP contribution in [0.1, 0.15) is 31.5 Å². The first kappa shape index (κ1) is 21.1. The predicted octanol–water partition coefficient (Wildman–Crippen LogP) is 1.95. The Balaban J connectivity index is 2.01. The van der Waals surface area contributed by atoms with Gasteiger partial charge in [0.05, 0.1) is 5.69 Å². The Morgan fingerprint density at radius 3 is 2.70 bits per heavy atom. The van der Waals surface area contributed by atoms with E-state index >= 15 is 0 Å². The molecule has 0 saturated carbocycles. The van der Waals surface area contributed by atoms with Crippen LogP contribution in [0.5, 0.6) is 0 Å². The molecule has 8 heteroatoms. The Morgan fingerprint density at radius 1 is 1.23 bits per heavy atom. The zero-order valence-corrected chi connectivity index (χ0v) is 17.5. The van der Waals surface area contributed by atoms with Crippen LogP contribution in [0.4, 0.5) is 5.82 Å². The first-order chi connectivity index (χ1) is 14.3. The monoisotopic (exact) mass is 404 g/mol. The highest BCUT2D eigenvalue weighted by Crippen LogP contribution is 2.23. The van der Waals surface area contributed by atoms with Gasteiger partial charge in [0.25, 0.3) is 5.91 Å². The SMILES string of the molecule is CCN(C)C(=O)C(O)(C#Cc1cccc(-c2nc(C)c3ncnc(N)c3n2)c1)CC. The Bertz CT molecular complexity index is 1170. The van der Waals surface area contributed by atoms with E-state index in [1.807, 2.05) is 26.0 Å². The molecule has 154 valence electrons. The number of hydrogen-bond donors (Lipinski definition) is 2. The Labute approximate surface area is 175 Å². The zero-order chi connectivity index (χ0) is 21.9. The van der Waals surface area contributed by atoms with Crippen molar-refractivity contribution in [3.63, 3.8) is 0 Å². The number of aryl methyl sites for hydroxylation is 1. The van der Waals surface area contributed by atoms with Crippen LogP contribution >= 0.6 is 0 Å². The van der Waals surface area contributed by atoms with Gasteiger partial charge in [0.15, 0.2) is 11.6 Å². The van der Waals surface area contributed by atoms with Crippen molar-refractivity contribution < 1.29 is 9.90 Å². The summed E-state index contributed by atoms with van der Waals surface area (Å²) in [6.07, 6.45) is 1.57. The van der Waals surface area contributed by atoms with Crippen LogP contribution in [0.3, 0.4) is 0 Å². The van der Waals surface area contributed by atoms with Crippen LogP contribution in [0.2, 0.25) is 0 Å².